The van der Waals surface area contributed by atoms with Crippen LogP contribution < -0.4 is 14.2 Å². The normalized spacial score (nSPS) is 16.6. The molecule has 0 unspecified atom stereocenters. The first-order valence-corrected chi connectivity index (χ1v) is 5.34. The van der Waals surface area contributed by atoms with E-state index in [1.807, 2.05) is 13.8 Å². The van der Waals surface area contributed by atoms with Crippen molar-refractivity contribution in [2.45, 2.75) is 19.4 Å². The lowest BCUT2D eigenvalue weighted by atomic mass is 10.0. The molecule has 0 amide bonds. The van der Waals surface area contributed by atoms with Crippen LogP contribution >= 0.6 is 0 Å². The molecule has 1 N–H and O–H groups in total. The predicted molar refractivity (Wildman–Crippen MR) is 64.9 cm³/mol. The first-order chi connectivity index (χ1) is 7.96. The maximum Gasteiger partial charge on any atom is 0.164 e. The molecule has 2 rings (SSSR count). The van der Waals surface area contributed by atoms with Gasteiger partial charge in [-0.25, -0.2) is 0 Å². The number of benzene rings is 1. The van der Waals surface area contributed by atoms with Gasteiger partial charge in [0.1, 0.15) is 17.1 Å². The van der Waals surface area contributed by atoms with Crippen LogP contribution in [0, 0.1) is 0 Å². The Kier molecular flexibility index (Phi) is 2.65. The van der Waals surface area contributed by atoms with Crippen LogP contribution in [0.4, 0.5) is 0 Å². The highest BCUT2D eigenvalue weighted by Gasteiger charge is 2.28. The van der Waals surface area contributed by atoms with Crippen molar-refractivity contribution in [3.05, 3.63) is 23.8 Å². The molecule has 1 aromatic rings. The van der Waals surface area contributed by atoms with E-state index in [0.717, 1.165) is 0 Å². The molecule has 0 aliphatic carbocycles. The molecule has 17 heavy (non-hydrogen) atoms. The lowest BCUT2D eigenvalue weighted by Gasteiger charge is -2.29. The first-order valence-electron chi connectivity index (χ1n) is 5.34. The largest absolute Gasteiger partial charge is 0.507 e. The molecule has 0 saturated heterocycles. The molecule has 1 aliphatic heterocycles. The quantitative estimate of drug-likeness (QED) is 0.857. The monoisotopic (exact) mass is 236 g/mol. The van der Waals surface area contributed by atoms with Crippen LogP contribution in [-0.4, -0.2) is 24.9 Å². The second-order valence-corrected chi connectivity index (χ2v) is 4.44. The SMILES string of the molecule is COc1cc2c(cc1OC)C(O)=CC(C)(C)O2. The molecule has 0 radical (unpaired) electrons. The van der Waals surface area contributed by atoms with Gasteiger partial charge in [-0.1, -0.05) is 0 Å². The fourth-order valence-corrected chi connectivity index (χ4v) is 1.86. The number of fused-ring (bicyclic) bond motifs is 1. The van der Waals surface area contributed by atoms with Gasteiger partial charge in [-0.3, -0.25) is 0 Å². The van der Waals surface area contributed by atoms with Crippen LogP contribution in [0.25, 0.3) is 5.76 Å². The Balaban J connectivity index is 2.57. The number of ether oxygens (including phenoxy) is 3. The summed E-state index contributed by atoms with van der Waals surface area (Å²) in [5.74, 6) is 1.93. The van der Waals surface area contributed by atoms with Gasteiger partial charge in [-0.15, -0.1) is 0 Å². The second-order valence-electron chi connectivity index (χ2n) is 4.44. The van der Waals surface area contributed by atoms with E-state index in [4.69, 9.17) is 14.2 Å². The minimum Gasteiger partial charge on any atom is -0.507 e. The summed E-state index contributed by atoms with van der Waals surface area (Å²) in [6, 6.07) is 3.42. The summed E-state index contributed by atoms with van der Waals surface area (Å²) in [4.78, 5) is 0. The third-order valence-electron chi connectivity index (χ3n) is 2.62. The highest BCUT2D eigenvalue weighted by Crippen LogP contribution is 2.41. The van der Waals surface area contributed by atoms with E-state index in [2.05, 4.69) is 0 Å². The van der Waals surface area contributed by atoms with Crippen molar-refractivity contribution in [2.24, 2.45) is 0 Å². The Bertz CT molecular complexity index is 475. The molecule has 1 aromatic carbocycles. The topological polar surface area (TPSA) is 47.9 Å². The summed E-state index contributed by atoms with van der Waals surface area (Å²) < 4.78 is 16.1. The zero-order valence-corrected chi connectivity index (χ0v) is 10.4. The number of rotatable bonds is 2. The maximum atomic E-state index is 9.97. The molecule has 0 spiro atoms. The van der Waals surface area contributed by atoms with Crippen LogP contribution in [0.1, 0.15) is 19.4 Å². The lowest BCUT2D eigenvalue weighted by molar-refractivity contribution is 0.153. The van der Waals surface area contributed by atoms with Gasteiger partial charge in [0, 0.05) is 12.1 Å². The number of hydrogen-bond acceptors (Lipinski definition) is 4. The van der Waals surface area contributed by atoms with Gasteiger partial charge in [0.2, 0.25) is 0 Å². The molecule has 0 atom stereocenters. The molecule has 1 heterocycles. The van der Waals surface area contributed by atoms with Crippen LogP contribution in [0.15, 0.2) is 18.2 Å². The van der Waals surface area contributed by atoms with Crippen LogP contribution in [-0.2, 0) is 0 Å². The first kappa shape index (κ1) is 11.6. The zero-order chi connectivity index (χ0) is 12.6. The predicted octanol–water partition coefficient (Wildman–Crippen LogP) is 2.77. The summed E-state index contributed by atoms with van der Waals surface area (Å²) in [6.07, 6.45) is 1.67. The molecule has 4 heteroatoms. The van der Waals surface area contributed by atoms with Crippen molar-refractivity contribution in [1.29, 1.82) is 0 Å². The van der Waals surface area contributed by atoms with E-state index in [1.165, 1.54) is 0 Å². The average Bonchev–Trinajstić information content (AvgIpc) is 2.26. The van der Waals surface area contributed by atoms with E-state index < -0.39 is 5.60 Å². The molecule has 4 nitrogen and oxygen atoms in total. The molecule has 1 aliphatic rings. The molecule has 0 saturated carbocycles. The van der Waals surface area contributed by atoms with E-state index in [1.54, 1.807) is 32.4 Å². The zero-order valence-electron chi connectivity index (χ0n) is 10.4. The third kappa shape index (κ3) is 2.02. The second kappa shape index (κ2) is 3.87. The minimum absolute atomic E-state index is 0.192. The molecule has 0 aromatic heterocycles. The van der Waals surface area contributed by atoms with Crippen molar-refractivity contribution in [1.82, 2.24) is 0 Å². The van der Waals surface area contributed by atoms with Gasteiger partial charge in [0.05, 0.1) is 19.8 Å². The number of aliphatic hydroxyl groups is 1. The van der Waals surface area contributed by atoms with Crippen molar-refractivity contribution in [3.63, 3.8) is 0 Å². The summed E-state index contributed by atoms with van der Waals surface area (Å²) >= 11 is 0. The maximum absolute atomic E-state index is 9.97. The number of methoxy groups -OCH3 is 2. The van der Waals surface area contributed by atoms with Crippen molar-refractivity contribution < 1.29 is 19.3 Å². The fourth-order valence-electron chi connectivity index (χ4n) is 1.86. The molecule has 0 bridgehead atoms. The highest BCUT2D eigenvalue weighted by molar-refractivity contribution is 5.71. The van der Waals surface area contributed by atoms with Crippen molar-refractivity contribution in [3.8, 4) is 17.2 Å². The van der Waals surface area contributed by atoms with E-state index in [0.29, 0.717) is 22.8 Å². The van der Waals surface area contributed by atoms with Gasteiger partial charge < -0.3 is 19.3 Å². The third-order valence-corrected chi connectivity index (χ3v) is 2.62. The van der Waals surface area contributed by atoms with Gasteiger partial charge in [0.15, 0.2) is 11.5 Å². The Morgan fingerprint density at radius 3 is 2.29 bits per heavy atom. The summed E-state index contributed by atoms with van der Waals surface area (Å²) in [5.41, 5.74) is 0.0819. The summed E-state index contributed by atoms with van der Waals surface area (Å²) in [7, 11) is 3.12. The summed E-state index contributed by atoms with van der Waals surface area (Å²) in [6.45, 7) is 3.76. The molecular weight excluding hydrogens is 220 g/mol. The van der Waals surface area contributed by atoms with Crippen LogP contribution in [0.5, 0.6) is 17.2 Å². The van der Waals surface area contributed by atoms with Gasteiger partial charge in [0.25, 0.3) is 0 Å². The fraction of sp³-hybridized carbons (Fsp3) is 0.385. The van der Waals surface area contributed by atoms with Crippen LogP contribution in [0.2, 0.25) is 0 Å². The minimum atomic E-state index is -0.531. The average molecular weight is 236 g/mol. The van der Waals surface area contributed by atoms with E-state index in [9.17, 15) is 5.11 Å². The molecule has 0 fully saturated rings. The van der Waals surface area contributed by atoms with Crippen molar-refractivity contribution in [2.75, 3.05) is 14.2 Å². The van der Waals surface area contributed by atoms with Crippen molar-refractivity contribution >= 4 is 5.76 Å². The lowest BCUT2D eigenvalue weighted by Crippen LogP contribution is -2.29. The Morgan fingerprint density at radius 2 is 1.71 bits per heavy atom. The molecule has 92 valence electrons. The Morgan fingerprint density at radius 1 is 1.12 bits per heavy atom. The number of hydrogen-bond donors (Lipinski definition) is 1. The number of aliphatic hydroxyl groups excluding tert-OH is 1. The smallest absolute Gasteiger partial charge is 0.164 e. The summed E-state index contributed by atoms with van der Waals surface area (Å²) in [5, 5.41) is 9.97. The molecular formula is C13H16O4. The Hall–Kier alpha value is -1.84. The Labute approximate surface area is 100 Å². The standard InChI is InChI=1S/C13H16O4/c1-13(2)7-9(14)8-5-11(15-3)12(16-4)6-10(8)17-13/h5-7,14H,1-4H3. The van der Waals surface area contributed by atoms with Gasteiger partial charge >= 0.3 is 0 Å². The van der Waals surface area contributed by atoms with Gasteiger partial charge in [-0.05, 0) is 19.9 Å². The van der Waals surface area contributed by atoms with E-state index in [-0.39, 0.29) is 5.76 Å². The van der Waals surface area contributed by atoms with E-state index >= 15 is 0 Å². The highest BCUT2D eigenvalue weighted by atomic mass is 16.5. The van der Waals surface area contributed by atoms with Crippen LogP contribution in [0.3, 0.4) is 0 Å². The van der Waals surface area contributed by atoms with Gasteiger partial charge in [-0.2, -0.15) is 0 Å².